The van der Waals surface area contributed by atoms with Gasteiger partial charge in [-0.05, 0) is 31.2 Å². The molecule has 0 amide bonds. The predicted molar refractivity (Wildman–Crippen MR) is 105 cm³/mol. The zero-order valence-electron chi connectivity index (χ0n) is 15.3. The predicted octanol–water partition coefficient (Wildman–Crippen LogP) is 3.51. The SMILES string of the molecule is C[C@@H]([NH2+]Cc1cc(Cl)c2c(c1)OCCCO2)c1ccc(-n2ccnc2)cc1. The van der Waals surface area contributed by atoms with Gasteiger partial charge in [0, 0.05) is 35.6 Å². The molecule has 0 bridgehead atoms. The quantitative estimate of drug-likeness (QED) is 0.732. The van der Waals surface area contributed by atoms with Crippen molar-refractivity contribution < 1.29 is 14.8 Å². The summed E-state index contributed by atoms with van der Waals surface area (Å²) in [5.41, 5.74) is 3.52. The van der Waals surface area contributed by atoms with Gasteiger partial charge in [-0.25, -0.2) is 4.98 Å². The van der Waals surface area contributed by atoms with E-state index < -0.39 is 0 Å². The molecule has 27 heavy (non-hydrogen) atoms. The molecule has 0 radical (unpaired) electrons. The molecule has 0 aliphatic carbocycles. The summed E-state index contributed by atoms with van der Waals surface area (Å²) < 4.78 is 13.5. The zero-order valence-corrected chi connectivity index (χ0v) is 16.0. The number of nitrogens with zero attached hydrogens (tertiary/aromatic N) is 2. The Morgan fingerprint density at radius 1 is 1.19 bits per heavy atom. The van der Waals surface area contributed by atoms with E-state index in [1.165, 1.54) is 5.56 Å². The van der Waals surface area contributed by atoms with E-state index in [0.29, 0.717) is 30.0 Å². The van der Waals surface area contributed by atoms with Crippen LogP contribution in [0.3, 0.4) is 0 Å². The molecule has 0 unspecified atom stereocenters. The Kier molecular flexibility index (Phi) is 5.32. The standard InChI is InChI=1S/C21H22ClN3O2/c1-15(17-3-5-18(6-4-17)25-8-7-23-14-25)24-13-16-11-19(22)21-20(12-16)26-9-2-10-27-21/h3-8,11-12,14-15,24H,2,9-10,13H2,1H3/p+1/t15-/m1/s1. The van der Waals surface area contributed by atoms with Crippen molar-refractivity contribution >= 4 is 11.6 Å². The van der Waals surface area contributed by atoms with Crippen LogP contribution in [0.25, 0.3) is 5.69 Å². The van der Waals surface area contributed by atoms with Crippen LogP contribution in [-0.2, 0) is 6.54 Å². The van der Waals surface area contributed by atoms with E-state index in [9.17, 15) is 0 Å². The molecule has 1 atom stereocenters. The molecule has 1 aliphatic rings. The molecule has 1 aliphatic heterocycles. The average molecular weight is 385 g/mol. The van der Waals surface area contributed by atoms with Crippen LogP contribution < -0.4 is 14.8 Å². The van der Waals surface area contributed by atoms with E-state index in [4.69, 9.17) is 21.1 Å². The van der Waals surface area contributed by atoms with Gasteiger partial charge in [0.15, 0.2) is 11.5 Å². The summed E-state index contributed by atoms with van der Waals surface area (Å²) in [6.07, 6.45) is 6.40. The maximum absolute atomic E-state index is 6.39. The molecule has 3 aromatic rings. The number of halogens is 1. The average Bonchev–Trinajstić information content (AvgIpc) is 3.12. The first-order valence-corrected chi connectivity index (χ1v) is 9.58. The fourth-order valence-electron chi connectivity index (χ4n) is 3.21. The summed E-state index contributed by atoms with van der Waals surface area (Å²) in [7, 11) is 0. The van der Waals surface area contributed by atoms with Gasteiger partial charge in [0.25, 0.3) is 0 Å². The van der Waals surface area contributed by atoms with Crippen molar-refractivity contribution in [2.75, 3.05) is 13.2 Å². The molecule has 0 fully saturated rings. The Morgan fingerprint density at radius 2 is 2.00 bits per heavy atom. The third-order valence-electron chi connectivity index (χ3n) is 4.79. The van der Waals surface area contributed by atoms with Crippen LogP contribution in [0.2, 0.25) is 5.02 Å². The number of ether oxygens (including phenoxy) is 2. The summed E-state index contributed by atoms with van der Waals surface area (Å²) in [5.74, 6) is 1.42. The Bertz CT molecular complexity index is 895. The topological polar surface area (TPSA) is 52.9 Å². The molecule has 4 rings (SSSR count). The van der Waals surface area contributed by atoms with Gasteiger partial charge in [-0.1, -0.05) is 23.7 Å². The van der Waals surface area contributed by atoms with Crippen molar-refractivity contribution in [3.8, 4) is 17.2 Å². The van der Waals surface area contributed by atoms with Crippen molar-refractivity contribution in [2.45, 2.75) is 25.9 Å². The highest BCUT2D eigenvalue weighted by atomic mass is 35.5. The molecular formula is C21H23ClN3O2+. The molecule has 5 nitrogen and oxygen atoms in total. The monoisotopic (exact) mass is 384 g/mol. The van der Waals surface area contributed by atoms with Crippen molar-refractivity contribution in [1.82, 2.24) is 9.55 Å². The summed E-state index contributed by atoms with van der Waals surface area (Å²) >= 11 is 6.39. The van der Waals surface area contributed by atoms with E-state index in [1.54, 1.807) is 12.5 Å². The lowest BCUT2D eigenvalue weighted by Gasteiger charge is -2.14. The first-order chi connectivity index (χ1) is 13.2. The van der Waals surface area contributed by atoms with Gasteiger partial charge in [-0.2, -0.15) is 0 Å². The second kappa shape index (κ2) is 8.03. The number of rotatable bonds is 5. The van der Waals surface area contributed by atoms with Crippen LogP contribution >= 0.6 is 11.6 Å². The fourth-order valence-corrected chi connectivity index (χ4v) is 3.50. The molecule has 0 spiro atoms. The Labute approximate surface area is 163 Å². The first-order valence-electron chi connectivity index (χ1n) is 9.20. The smallest absolute Gasteiger partial charge is 0.179 e. The molecule has 2 heterocycles. The highest BCUT2D eigenvalue weighted by Crippen LogP contribution is 2.37. The Balaban J connectivity index is 1.42. The fraction of sp³-hybridized carbons (Fsp3) is 0.286. The molecule has 0 saturated heterocycles. The number of imidazole rings is 1. The minimum atomic E-state index is 0.330. The normalized spacial score (nSPS) is 14.6. The Morgan fingerprint density at radius 3 is 2.78 bits per heavy atom. The number of hydrogen-bond acceptors (Lipinski definition) is 3. The van der Waals surface area contributed by atoms with Gasteiger partial charge in [0.1, 0.15) is 12.6 Å². The van der Waals surface area contributed by atoms with Crippen molar-refractivity contribution in [3.63, 3.8) is 0 Å². The van der Waals surface area contributed by atoms with Crippen molar-refractivity contribution in [1.29, 1.82) is 0 Å². The van der Waals surface area contributed by atoms with Gasteiger partial charge in [-0.15, -0.1) is 0 Å². The van der Waals surface area contributed by atoms with Crippen molar-refractivity contribution in [3.05, 3.63) is 71.3 Å². The molecule has 0 saturated carbocycles. The molecule has 1 aromatic heterocycles. The largest absolute Gasteiger partial charge is 0.489 e. The third-order valence-corrected chi connectivity index (χ3v) is 5.07. The second-order valence-electron chi connectivity index (χ2n) is 6.75. The maximum atomic E-state index is 6.39. The van der Waals surface area contributed by atoms with Gasteiger partial charge in [-0.3, -0.25) is 0 Å². The van der Waals surface area contributed by atoms with E-state index >= 15 is 0 Å². The highest BCUT2D eigenvalue weighted by Gasteiger charge is 2.17. The molecule has 2 N–H and O–H groups in total. The first kappa shape index (κ1) is 17.9. The van der Waals surface area contributed by atoms with E-state index in [0.717, 1.165) is 30.0 Å². The molecule has 140 valence electrons. The van der Waals surface area contributed by atoms with Crippen LogP contribution in [-0.4, -0.2) is 22.8 Å². The molecule has 2 aromatic carbocycles. The van der Waals surface area contributed by atoms with Gasteiger partial charge < -0.3 is 19.4 Å². The number of benzene rings is 2. The second-order valence-corrected chi connectivity index (χ2v) is 7.15. The lowest BCUT2D eigenvalue weighted by molar-refractivity contribution is -0.707. The minimum absolute atomic E-state index is 0.330. The van der Waals surface area contributed by atoms with Gasteiger partial charge in [0.2, 0.25) is 0 Å². The number of hydrogen-bond donors (Lipinski definition) is 1. The van der Waals surface area contributed by atoms with Crippen LogP contribution in [0.15, 0.2) is 55.1 Å². The number of nitrogens with two attached hydrogens (primary N) is 1. The summed E-state index contributed by atoms with van der Waals surface area (Å²) in [5, 5.41) is 2.91. The molecular weight excluding hydrogens is 362 g/mol. The van der Waals surface area contributed by atoms with E-state index in [-0.39, 0.29) is 0 Å². The Hall–Kier alpha value is -2.50. The van der Waals surface area contributed by atoms with Gasteiger partial charge >= 0.3 is 0 Å². The lowest BCUT2D eigenvalue weighted by atomic mass is 10.1. The van der Waals surface area contributed by atoms with Crippen LogP contribution in [0.1, 0.15) is 30.5 Å². The lowest BCUT2D eigenvalue weighted by Crippen LogP contribution is -2.83. The van der Waals surface area contributed by atoms with Crippen molar-refractivity contribution in [2.24, 2.45) is 0 Å². The van der Waals surface area contributed by atoms with Crippen LogP contribution in [0.4, 0.5) is 0 Å². The summed E-state index contributed by atoms with van der Waals surface area (Å²) in [6, 6.07) is 12.9. The van der Waals surface area contributed by atoms with Gasteiger partial charge in [0.05, 0.1) is 24.6 Å². The molecule has 6 heteroatoms. The summed E-state index contributed by atoms with van der Waals surface area (Å²) in [6.45, 7) is 4.33. The third kappa shape index (κ3) is 4.10. The maximum Gasteiger partial charge on any atom is 0.179 e. The summed E-state index contributed by atoms with van der Waals surface area (Å²) in [4.78, 5) is 4.09. The number of fused-ring (bicyclic) bond motifs is 1. The minimum Gasteiger partial charge on any atom is -0.489 e. The zero-order chi connectivity index (χ0) is 18.6. The highest BCUT2D eigenvalue weighted by molar-refractivity contribution is 6.32. The number of aromatic nitrogens is 2. The van der Waals surface area contributed by atoms with Crippen LogP contribution in [0.5, 0.6) is 11.5 Å². The van der Waals surface area contributed by atoms with Crippen LogP contribution in [0, 0.1) is 0 Å². The van der Waals surface area contributed by atoms with E-state index in [1.807, 2.05) is 22.9 Å². The number of quaternary nitrogens is 1. The van der Waals surface area contributed by atoms with E-state index in [2.05, 4.69) is 41.5 Å².